The predicted molar refractivity (Wildman–Crippen MR) is 109 cm³/mol. The van der Waals surface area contributed by atoms with Crippen molar-refractivity contribution in [2.45, 2.75) is 20.5 Å². The zero-order valence-corrected chi connectivity index (χ0v) is 17.5. The van der Waals surface area contributed by atoms with Crippen LogP contribution in [0.25, 0.3) is 10.2 Å². The van der Waals surface area contributed by atoms with Crippen LogP contribution >= 0.6 is 33.9 Å². The van der Waals surface area contributed by atoms with Gasteiger partial charge in [0.15, 0.2) is 0 Å². The molecule has 0 unspecified atom stereocenters. The first-order valence-corrected chi connectivity index (χ1v) is 9.92. The van der Waals surface area contributed by atoms with Crippen LogP contribution < -0.4 is 5.56 Å². The third-order valence-electron chi connectivity index (χ3n) is 3.73. The van der Waals surface area contributed by atoms with Crippen molar-refractivity contribution in [2.24, 2.45) is 0 Å². The number of nitrogens with zero attached hydrogens (tertiary/aromatic N) is 1. The van der Waals surface area contributed by atoms with Crippen LogP contribution in [0.4, 0.5) is 0 Å². The van der Waals surface area contributed by atoms with E-state index in [1.54, 1.807) is 38.1 Å². The maximum Gasteiger partial charge on any atom is 0.348 e. The highest BCUT2D eigenvalue weighted by atomic mass is 127. The Hall–Kier alpha value is -2.27. The molecule has 0 atom stereocenters. The number of rotatable bonds is 5. The van der Waals surface area contributed by atoms with Crippen LogP contribution in [0.15, 0.2) is 29.1 Å². The van der Waals surface area contributed by atoms with E-state index in [2.05, 4.69) is 32.6 Å². The number of carbonyl (C=O) groups excluding carboxylic acids is 2. The molecule has 2 aromatic heterocycles. The summed E-state index contributed by atoms with van der Waals surface area (Å²) in [5.74, 6) is -0.782. The molecule has 0 saturated heterocycles. The van der Waals surface area contributed by atoms with Crippen LogP contribution in [0.3, 0.4) is 0 Å². The summed E-state index contributed by atoms with van der Waals surface area (Å²) >= 11 is 3.23. The van der Waals surface area contributed by atoms with E-state index in [1.165, 1.54) is 0 Å². The normalized spacial score (nSPS) is 10.8. The van der Waals surface area contributed by atoms with Gasteiger partial charge in [0.1, 0.15) is 22.1 Å². The Morgan fingerprint density at radius 2 is 1.89 bits per heavy atom. The molecule has 0 saturated carbocycles. The largest absolute Gasteiger partial charge is 0.462 e. The molecule has 140 valence electrons. The number of ether oxygens (including phenoxy) is 2. The number of hydrogen-bond donors (Lipinski definition) is 1. The molecule has 0 aliphatic carbocycles. The van der Waals surface area contributed by atoms with Gasteiger partial charge in [-0.15, -0.1) is 11.3 Å². The fraction of sp³-hybridized carbons (Fsp3) is 0.222. The van der Waals surface area contributed by atoms with E-state index in [1.807, 2.05) is 0 Å². The summed E-state index contributed by atoms with van der Waals surface area (Å²) in [5.41, 5.74) is 0.560. The SMILES string of the molecule is CCOC(=O)c1sc2nc(COC(=O)c3ccc(I)cc3)[nH]c(=O)c2c1C. The Morgan fingerprint density at radius 1 is 1.19 bits per heavy atom. The van der Waals surface area contributed by atoms with Crippen LogP contribution in [-0.4, -0.2) is 28.5 Å². The Bertz CT molecular complexity index is 1070. The molecule has 0 aliphatic rings. The molecule has 0 bridgehead atoms. The lowest BCUT2D eigenvalue weighted by molar-refractivity contribution is 0.0461. The molecular formula is C18H15IN2O5S. The molecule has 7 nitrogen and oxygen atoms in total. The van der Waals surface area contributed by atoms with Gasteiger partial charge in [-0.05, 0) is 66.3 Å². The number of esters is 2. The number of carbonyl (C=O) groups is 2. The second kappa shape index (κ2) is 8.17. The van der Waals surface area contributed by atoms with Crippen molar-refractivity contribution in [3.05, 3.63) is 60.0 Å². The molecule has 0 amide bonds. The molecule has 27 heavy (non-hydrogen) atoms. The van der Waals surface area contributed by atoms with Gasteiger partial charge in [-0.1, -0.05) is 0 Å². The highest BCUT2D eigenvalue weighted by Gasteiger charge is 2.20. The summed E-state index contributed by atoms with van der Waals surface area (Å²) in [7, 11) is 0. The number of aryl methyl sites for hydroxylation is 1. The summed E-state index contributed by atoms with van der Waals surface area (Å²) in [6, 6.07) is 6.93. The van der Waals surface area contributed by atoms with Crippen molar-refractivity contribution in [2.75, 3.05) is 6.61 Å². The summed E-state index contributed by atoms with van der Waals surface area (Å²) in [6.45, 7) is 3.46. The maximum absolute atomic E-state index is 12.4. The average Bonchev–Trinajstić information content (AvgIpc) is 2.97. The van der Waals surface area contributed by atoms with Crippen molar-refractivity contribution in [1.29, 1.82) is 0 Å². The van der Waals surface area contributed by atoms with E-state index in [9.17, 15) is 14.4 Å². The van der Waals surface area contributed by atoms with E-state index < -0.39 is 11.9 Å². The number of H-pyrrole nitrogens is 1. The van der Waals surface area contributed by atoms with E-state index in [0.717, 1.165) is 14.9 Å². The van der Waals surface area contributed by atoms with Crippen LogP contribution in [-0.2, 0) is 16.1 Å². The zero-order valence-electron chi connectivity index (χ0n) is 14.5. The molecule has 1 N–H and O–H groups in total. The first kappa shape index (κ1) is 19.5. The number of benzene rings is 1. The smallest absolute Gasteiger partial charge is 0.348 e. The Kier molecular flexibility index (Phi) is 5.90. The van der Waals surface area contributed by atoms with Gasteiger partial charge in [-0.3, -0.25) is 4.79 Å². The molecule has 3 aromatic rings. The number of halogens is 1. The fourth-order valence-electron chi connectivity index (χ4n) is 2.45. The van der Waals surface area contributed by atoms with Gasteiger partial charge in [0.2, 0.25) is 0 Å². The van der Waals surface area contributed by atoms with Crippen molar-refractivity contribution < 1.29 is 19.1 Å². The average molecular weight is 498 g/mol. The number of hydrogen-bond acceptors (Lipinski definition) is 7. The van der Waals surface area contributed by atoms with Gasteiger partial charge in [-0.25, -0.2) is 14.6 Å². The van der Waals surface area contributed by atoms with Gasteiger partial charge in [-0.2, -0.15) is 0 Å². The van der Waals surface area contributed by atoms with Gasteiger partial charge in [0.05, 0.1) is 17.6 Å². The summed E-state index contributed by atoms with van der Waals surface area (Å²) < 4.78 is 11.2. The van der Waals surface area contributed by atoms with Crippen LogP contribution in [0.5, 0.6) is 0 Å². The zero-order chi connectivity index (χ0) is 19.6. The van der Waals surface area contributed by atoms with Gasteiger partial charge >= 0.3 is 11.9 Å². The number of thiophene rings is 1. The second-order valence-corrected chi connectivity index (χ2v) is 7.80. The van der Waals surface area contributed by atoms with E-state index in [4.69, 9.17) is 9.47 Å². The third kappa shape index (κ3) is 4.19. The molecule has 2 heterocycles. The van der Waals surface area contributed by atoms with Gasteiger partial charge in [0.25, 0.3) is 5.56 Å². The minimum atomic E-state index is -0.510. The minimum Gasteiger partial charge on any atom is -0.462 e. The van der Waals surface area contributed by atoms with Gasteiger partial charge in [0, 0.05) is 3.57 Å². The van der Waals surface area contributed by atoms with E-state index in [-0.39, 0.29) is 24.6 Å². The first-order chi connectivity index (χ1) is 12.9. The lowest BCUT2D eigenvalue weighted by atomic mass is 10.2. The summed E-state index contributed by atoms with van der Waals surface area (Å²) in [6.07, 6.45) is 0. The van der Waals surface area contributed by atoms with Crippen molar-refractivity contribution >= 4 is 56.1 Å². The number of aromatic amines is 1. The maximum atomic E-state index is 12.4. The molecule has 0 radical (unpaired) electrons. The molecule has 0 spiro atoms. The monoisotopic (exact) mass is 498 g/mol. The quantitative estimate of drug-likeness (QED) is 0.428. The molecule has 0 fully saturated rings. The number of fused-ring (bicyclic) bond motifs is 1. The number of nitrogens with one attached hydrogen (secondary N) is 1. The summed E-state index contributed by atoms with van der Waals surface area (Å²) in [4.78, 5) is 44.1. The predicted octanol–water partition coefficient (Wildman–Crippen LogP) is 3.43. The highest BCUT2D eigenvalue weighted by Crippen LogP contribution is 2.27. The van der Waals surface area contributed by atoms with Crippen molar-refractivity contribution in [1.82, 2.24) is 9.97 Å². The van der Waals surface area contributed by atoms with Crippen LogP contribution in [0.1, 0.15) is 38.3 Å². The van der Waals surface area contributed by atoms with Crippen molar-refractivity contribution in [3.63, 3.8) is 0 Å². The lowest BCUT2D eigenvalue weighted by Crippen LogP contribution is -2.14. The standard InChI is InChI=1S/C18H15IN2O5S/c1-3-25-18(24)14-9(2)13-15(22)20-12(21-16(13)27-14)8-26-17(23)10-4-6-11(19)7-5-10/h4-7H,3,8H2,1-2H3,(H,20,21,22). The molecule has 0 aliphatic heterocycles. The topological polar surface area (TPSA) is 98.3 Å². The van der Waals surface area contributed by atoms with E-state index in [0.29, 0.717) is 26.2 Å². The number of aromatic nitrogens is 2. The Labute approximate surface area is 171 Å². The third-order valence-corrected chi connectivity index (χ3v) is 5.62. The van der Waals surface area contributed by atoms with Crippen LogP contribution in [0.2, 0.25) is 0 Å². The van der Waals surface area contributed by atoms with Crippen LogP contribution in [0, 0.1) is 10.5 Å². The highest BCUT2D eigenvalue weighted by molar-refractivity contribution is 14.1. The summed E-state index contributed by atoms with van der Waals surface area (Å²) in [5, 5.41) is 0.343. The second-order valence-electron chi connectivity index (χ2n) is 5.55. The molecular weight excluding hydrogens is 483 g/mol. The van der Waals surface area contributed by atoms with Gasteiger partial charge < -0.3 is 14.5 Å². The Morgan fingerprint density at radius 3 is 2.56 bits per heavy atom. The molecule has 1 aromatic carbocycles. The molecule has 9 heteroatoms. The molecule has 3 rings (SSSR count). The lowest BCUT2D eigenvalue weighted by Gasteiger charge is -2.04. The van der Waals surface area contributed by atoms with Crippen molar-refractivity contribution in [3.8, 4) is 0 Å². The first-order valence-electron chi connectivity index (χ1n) is 8.02. The van der Waals surface area contributed by atoms with E-state index >= 15 is 0 Å². The fourth-order valence-corrected chi connectivity index (χ4v) is 3.91. The Balaban J connectivity index is 1.83. The minimum absolute atomic E-state index is 0.179.